The summed E-state index contributed by atoms with van der Waals surface area (Å²) < 4.78 is 254. The fraction of sp³-hybridized carbons (Fsp3) is 0.0556. The minimum Gasteiger partial charge on any atom is -0.506 e. The Morgan fingerprint density at radius 1 is 0.425 bits per heavy atom. The van der Waals surface area contributed by atoms with Gasteiger partial charge in [-0.25, -0.2) is 10.5 Å². The summed E-state index contributed by atoms with van der Waals surface area (Å²) in [5, 5.41) is 30.6. The first kappa shape index (κ1) is 66.6. The quantitative estimate of drug-likeness (QED) is 0.0193. The maximum atomic E-state index is 12.9. The van der Waals surface area contributed by atoms with Crippen LogP contribution in [0.15, 0.2) is 118 Å². The van der Waals surface area contributed by atoms with Crippen molar-refractivity contribution in [1.29, 1.82) is 0 Å². The molecule has 0 saturated carbocycles. The number of benzene rings is 6. The van der Waals surface area contributed by atoms with Crippen molar-refractivity contribution in [3.63, 3.8) is 0 Å². The lowest BCUT2D eigenvalue weighted by atomic mass is 9.93. The molecule has 1 unspecified atom stereocenters. The minimum absolute atomic E-state index is 0.0325. The Labute approximate surface area is 457 Å². The average Bonchev–Trinajstić information content (AvgIpc) is 3.28. The van der Waals surface area contributed by atoms with Crippen LogP contribution in [-0.2, 0) is 93.1 Å². The van der Waals surface area contributed by atoms with Crippen molar-refractivity contribution in [2.75, 3.05) is 6.66 Å². The second-order valence-corrected chi connectivity index (χ2v) is 31.0. The van der Waals surface area contributed by atoms with Crippen molar-refractivity contribution in [2.24, 2.45) is 0 Å². The Hall–Kier alpha value is -4.21. The number of fused-ring (bicyclic) bond motifs is 1. The van der Waals surface area contributed by atoms with Gasteiger partial charge in [0, 0.05) is 49.2 Å². The van der Waals surface area contributed by atoms with Gasteiger partial charge in [-0.1, -0.05) is 22.2 Å². The number of hydrogen-bond acceptors (Lipinski definition) is 24. The van der Waals surface area contributed by atoms with Crippen molar-refractivity contribution in [2.45, 2.75) is 46.1 Å². The monoisotopic (exact) mass is 1340 g/mol. The normalized spacial score (nSPS) is 13.9. The molecule has 1 atom stereocenters. The van der Waals surface area contributed by atoms with E-state index in [0.29, 0.717) is 43.1 Å². The Bertz CT molecular complexity index is 4140. The van der Waals surface area contributed by atoms with Gasteiger partial charge in [0.2, 0.25) is 7.37 Å². The molecule has 0 bridgehead atoms. The molecule has 0 saturated heterocycles. The minimum atomic E-state index is -5.92. The van der Waals surface area contributed by atoms with Crippen LogP contribution in [0.25, 0.3) is 44.2 Å². The van der Waals surface area contributed by atoms with Crippen LogP contribution < -0.4 is 15.9 Å². The van der Waals surface area contributed by atoms with Crippen LogP contribution in [0.1, 0.15) is 5.56 Å². The van der Waals surface area contributed by atoms with E-state index in [1.165, 1.54) is 19.1 Å². The highest BCUT2D eigenvalue weighted by Gasteiger charge is 2.35. The molecule has 44 heteroatoms. The largest absolute Gasteiger partial charge is 0.506 e. The summed E-state index contributed by atoms with van der Waals surface area (Å²) in [6, 6.07) is 8.10. The molecule has 6 aromatic carbocycles. The van der Waals surface area contributed by atoms with Gasteiger partial charge in [-0.05, 0) is 95.9 Å². The van der Waals surface area contributed by atoms with E-state index in [4.69, 9.17) is 15.1 Å². The zero-order valence-corrected chi connectivity index (χ0v) is 47.8. The molecule has 14 N–H and O–H groups in total. The number of phenols is 1. The third-order valence-corrected chi connectivity index (χ3v) is 20.2. The zero-order chi connectivity index (χ0) is 61.1. The molecule has 0 radical (unpaired) electrons. The highest BCUT2D eigenvalue weighted by molar-refractivity contribution is 7.95. The summed E-state index contributed by atoms with van der Waals surface area (Å²) in [6.07, 6.45) is 0. The van der Waals surface area contributed by atoms with Crippen molar-refractivity contribution in [1.82, 2.24) is 0 Å². The van der Waals surface area contributed by atoms with Crippen LogP contribution in [-0.4, -0.2) is 125 Å². The number of rotatable bonds is 18. The summed E-state index contributed by atoms with van der Waals surface area (Å²) >= 11 is -0.439. The van der Waals surface area contributed by atoms with Gasteiger partial charge >= 0.3 is 15.2 Å². The molecule has 0 fully saturated rings. The third kappa shape index (κ3) is 15.3. The van der Waals surface area contributed by atoms with Gasteiger partial charge in [0.1, 0.15) is 35.1 Å². The Kier molecular flexibility index (Phi) is 19.5. The number of aromatic hydroxyl groups is 1. The fourth-order valence-electron chi connectivity index (χ4n) is 7.33. The van der Waals surface area contributed by atoms with E-state index in [1.807, 2.05) is 0 Å². The van der Waals surface area contributed by atoms with Crippen molar-refractivity contribution in [3.05, 3.63) is 84.4 Å². The molecule has 438 valence electrons. The summed E-state index contributed by atoms with van der Waals surface area (Å²) in [5.74, 6) is -0.717. The molecule has 6 rings (SSSR count). The Morgan fingerprint density at radius 2 is 0.738 bits per heavy atom. The van der Waals surface area contributed by atoms with Crippen LogP contribution in [0.5, 0.6) is 5.75 Å². The van der Waals surface area contributed by atoms with E-state index in [1.54, 1.807) is 0 Å². The van der Waals surface area contributed by atoms with E-state index < -0.39 is 177 Å². The molecule has 0 aliphatic carbocycles. The topological polar surface area (TPSA) is 576 Å². The number of hydrogen-bond donors (Lipinski definition) is 14. The van der Waals surface area contributed by atoms with E-state index in [9.17, 15) is 117 Å². The molecular weight excluding hydrogens is 1310 g/mol. The first-order valence-electron chi connectivity index (χ1n) is 19.7. The Morgan fingerprint density at radius 3 is 1.07 bits per heavy atom. The van der Waals surface area contributed by atoms with Crippen LogP contribution in [0.3, 0.4) is 0 Å². The molecule has 0 heterocycles. The molecule has 0 aliphatic heterocycles. The highest BCUT2D eigenvalue weighted by Crippen LogP contribution is 2.49. The first-order valence-corrected chi connectivity index (χ1v) is 35.1. The molecule has 0 spiro atoms. The molecule has 80 heavy (non-hydrogen) atoms. The second kappa shape index (κ2) is 23.4. The fourth-order valence-corrected chi connectivity index (χ4v) is 15.9. The maximum Gasteiger partial charge on any atom is 0.356 e. The first-order chi connectivity index (χ1) is 36.1. The van der Waals surface area contributed by atoms with Crippen LogP contribution >= 0.6 is 46.6 Å². The molecule has 0 aromatic heterocycles. The van der Waals surface area contributed by atoms with Gasteiger partial charge in [-0.3, -0.25) is 41.0 Å². The highest BCUT2D eigenvalue weighted by atomic mass is 32.2. The van der Waals surface area contributed by atoms with Gasteiger partial charge in [0.05, 0.1) is 34.7 Å². The predicted molar refractivity (Wildman–Crippen MR) is 272 cm³/mol. The maximum absolute atomic E-state index is 12.9. The number of aryl methyl sites for hydroxylation is 1. The van der Waals surface area contributed by atoms with Gasteiger partial charge in [-0.2, -0.15) is 50.5 Å². The van der Waals surface area contributed by atoms with Crippen molar-refractivity contribution >= 4 is 134 Å². The smallest absolute Gasteiger partial charge is 0.356 e. The summed E-state index contributed by atoms with van der Waals surface area (Å²) in [4.78, 5) is 40.4. The van der Waals surface area contributed by atoms with E-state index in [2.05, 4.69) is 18.7 Å². The summed E-state index contributed by atoms with van der Waals surface area (Å²) in [6.45, 7) is 2.11. The van der Waals surface area contributed by atoms with E-state index >= 15 is 0 Å². The Balaban J connectivity index is 0.000000490. The van der Waals surface area contributed by atoms with E-state index in [-0.39, 0.29) is 58.6 Å². The average molecular weight is 1340 g/mol. The molecular formula is C36H33O33P3S8. The summed E-state index contributed by atoms with van der Waals surface area (Å²) in [5.41, 5.74) is -6.03. The SMILES string of the molecule is CP(=O)(O)c1cc(SOOO)c(-c2cc(-c3c(SOOO)cc(P(=O)(O)O)cc3S(=O)(=O)O)cc(-c3c(S(=O)(=O)O)cc(P(=O)(O)O)cc3S(=O)(=O)O)c2)c(S(=O)(=O)O)c1.Cc1ccc2c(S(=O)(=O)O)c(O)ccc2c1S(=O)(=O)O. The van der Waals surface area contributed by atoms with Crippen LogP contribution in [0, 0.1) is 6.92 Å². The van der Waals surface area contributed by atoms with Crippen molar-refractivity contribution in [3.8, 4) is 39.1 Å². The lowest BCUT2D eigenvalue weighted by Crippen LogP contribution is -2.15. The van der Waals surface area contributed by atoms with Gasteiger partial charge in [0.15, 0.2) is 0 Å². The van der Waals surface area contributed by atoms with Gasteiger partial charge < -0.3 is 29.6 Å². The zero-order valence-electron chi connectivity index (χ0n) is 38.6. The standard InChI is InChI=1S/C25H23O26P3S6.C11H10O7S2/c1-52(28,29)14-5-17(55-50-48-26)23(19(7-14)57(36,37)38)11-2-12(24-18(56-51-49-27)6-15(53(30,31)32)8-20(24)58(39,40)41)4-13(3-11)25-21(59(42,43)44)9-16(54(33,34)35)10-22(25)60(45,46)47;1-6-2-3-8-7(10(6)19(13,14)15)4-5-9(12)11(8)20(16,17)18/h2-10,26-27H,1H3,(H,28,29)(H2,30,31,32)(H2,33,34,35)(H,36,37,38)(H,39,40,41)(H,42,43,44)(H,45,46,47);2-5,12H,1H3,(H,13,14,15)(H,16,17,18). The van der Waals surface area contributed by atoms with Gasteiger partial charge in [-0.15, -0.1) is 8.67 Å². The van der Waals surface area contributed by atoms with Crippen molar-refractivity contribution < 1.29 is 150 Å². The predicted octanol–water partition coefficient (Wildman–Crippen LogP) is 3.01. The summed E-state index contributed by atoms with van der Waals surface area (Å²) in [7, 11) is -48.4. The molecule has 0 amide bonds. The van der Waals surface area contributed by atoms with Crippen LogP contribution in [0.4, 0.5) is 0 Å². The molecule has 33 nitrogen and oxygen atoms in total. The lowest BCUT2D eigenvalue weighted by molar-refractivity contribution is -0.432. The second-order valence-electron chi connectivity index (χ2n) is 15.7. The third-order valence-electron chi connectivity index (χ3n) is 10.3. The van der Waals surface area contributed by atoms with E-state index in [0.717, 1.165) is 12.1 Å². The lowest BCUT2D eigenvalue weighted by Gasteiger charge is -2.21. The van der Waals surface area contributed by atoms with Crippen LogP contribution in [0.2, 0.25) is 0 Å². The molecule has 0 aliphatic rings. The number of phenolic OH excluding ortho intramolecular Hbond substituents is 1. The van der Waals surface area contributed by atoms with Gasteiger partial charge in [0.25, 0.3) is 60.7 Å². The molecule has 6 aromatic rings.